The van der Waals surface area contributed by atoms with Crippen molar-refractivity contribution < 1.29 is 18.4 Å². The zero-order chi connectivity index (χ0) is 17.7. The molecule has 0 bridgehead atoms. The summed E-state index contributed by atoms with van der Waals surface area (Å²) < 4.78 is 31.8. The lowest BCUT2D eigenvalue weighted by Crippen LogP contribution is -2.13. The number of nitro groups is 1. The Kier molecular flexibility index (Phi) is 5.81. The summed E-state index contributed by atoms with van der Waals surface area (Å²) in [5.74, 6) is -2.01. The van der Waals surface area contributed by atoms with Crippen molar-refractivity contribution in [1.29, 1.82) is 0 Å². The first-order valence-electron chi connectivity index (χ1n) is 7.42. The van der Waals surface area contributed by atoms with E-state index in [1.54, 1.807) is 6.07 Å². The fourth-order valence-corrected chi connectivity index (χ4v) is 2.22. The third-order valence-corrected chi connectivity index (χ3v) is 3.40. The van der Waals surface area contributed by atoms with Gasteiger partial charge in [0.05, 0.1) is 4.92 Å². The summed E-state index contributed by atoms with van der Waals surface area (Å²) in [6, 6.07) is 7.35. The lowest BCUT2D eigenvalue weighted by molar-refractivity contribution is -0.385. The topological polar surface area (TPSA) is 55.6 Å². The number of ether oxygens (including phenoxy) is 1. The second kappa shape index (κ2) is 7.83. The molecular weight excluding hydrogens is 318 g/mol. The number of hydrogen-bond donors (Lipinski definition) is 0. The third-order valence-electron chi connectivity index (χ3n) is 3.40. The molecule has 0 spiro atoms. The van der Waals surface area contributed by atoms with Gasteiger partial charge in [-0.2, -0.15) is 0 Å². The number of aryl methyl sites for hydroxylation is 1. The van der Waals surface area contributed by atoms with Crippen LogP contribution >= 0.6 is 0 Å². The average Bonchev–Trinajstić information content (AvgIpc) is 2.50. The minimum Gasteiger partial charge on any atom is -0.447 e. The van der Waals surface area contributed by atoms with Crippen LogP contribution in [0.5, 0.6) is 11.5 Å². The Hall–Kier alpha value is -2.54. The van der Waals surface area contributed by atoms with Crippen LogP contribution in [0.15, 0.2) is 36.4 Å². The van der Waals surface area contributed by atoms with Crippen LogP contribution in [0.1, 0.15) is 12.0 Å². The van der Waals surface area contributed by atoms with E-state index in [1.165, 1.54) is 12.1 Å². The minimum absolute atomic E-state index is 0.0816. The van der Waals surface area contributed by atoms with Crippen molar-refractivity contribution in [3.8, 4) is 11.5 Å². The standard InChI is InChI=1S/C17H18F2N2O3/c1-20(2)9-3-4-12-5-7-17(15(10-12)21(22)23)24-16-8-6-13(18)11-14(16)19/h5-8,10-11H,3-4,9H2,1-2H3. The molecule has 2 aromatic carbocycles. The highest BCUT2D eigenvalue weighted by molar-refractivity contribution is 5.50. The Labute approximate surface area is 138 Å². The van der Waals surface area contributed by atoms with Crippen LogP contribution in [0.4, 0.5) is 14.5 Å². The fraction of sp³-hybridized carbons (Fsp3) is 0.294. The zero-order valence-corrected chi connectivity index (χ0v) is 13.5. The summed E-state index contributed by atoms with van der Waals surface area (Å²) in [5.41, 5.74) is 0.552. The molecule has 0 fully saturated rings. The van der Waals surface area contributed by atoms with Gasteiger partial charge in [0.15, 0.2) is 11.6 Å². The van der Waals surface area contributed by atoms with Crippen LogP contribution in [-0.2, 0) is 6.42 Å². The molecule has 7 heteroatoms. The van der Waals surface area contributed by atoms with Crippen molar-refractivity contribution in [3.63, 3.8) is 0 Å². The Morgan fingerprint density at radius 2 is 1.83 bits per heavy atom. The van der Waals surface area contributed by atoms with Gasteiger partial charge in [0, 0.05) is 12.1 Å². The van der Waals surface area contributed by atoms with Crippen LogP contribution < -0.4 is 4.74 Å². The molecule has 0 N–H and O–H groups in total. The molecule has 0 atom stereocenters. The molecule has 0 amide bonds. The first-order chi connectivity index (χ1) is 11.4. The summed E-state index contributed by atoms with van der Waals surface area (Å²) in [4.78, 5) is 12.7. The van der Waals surface area contributed by atoms with Gasteiger partial charge in [0.25, 0.3) is 0 Å². The highest BCUT2D eigenvalue weighted by Gasteiger charge is 2.18. The third kappa shape index (κ3) is 4.73. The largest absolute Gasteiger partial charge is 0.447 e. The lowest BCUT2D eigenvalue weighted by Gasteiger charge is -2.10. The van der Waals surface area contributed by atoms with Gasteiger partial charge in [0.1, 0.15) is 5.82 Å². The molecule has 5 nitrogen and oxygen atoms in total. The number of nitro benzene ring substituents is 1. The molecule has 0 unspecified atom stereocenters. The Morgan fingerprint density at radius 1 is 1.12 bits per heavy atom. The number of rotatable bonds is 7. The first-order valence-corrected chi connectivity index (χ1v) is 7.42. The predicted molar refractivity (Wildman–Crippen MR) is 86.4 cm³/mol. The van der Waals surface area contributed by atoms with Crippen LogP contribution in [0.25, 0.3) is 0 Å². The van der Waals surface area contributed by atoms with E-state index in [-0.39, 0.29) is 17.2 Å². The van der Waals surface area contributed by atoms with Crippen LogP contribution in [0, 0.1) is 21.7 Å². The lowest BCUT2D eigenvalue weighted by atomic mass is 10.1. The highest BCUT2D eigenvalue weighted by atomic mass is 19.1. The van der Waals surface area contributed by atoms with Crippen LogP contribution in [0.2, 0.25) is 0 Å². The molecule has 24 heavy (non-hydrogen) atoms. The molecule has 0 aliphatic heterocycles. The second-order valence-electron chi connectivity index (χ2n) is 5.64. The van der Waals surface area contributed by atoms with Crippen molar-refractivity contribution in [2.75, 3.05) is 20.6 Å². The van der Waals surface area contributed by atoms with Gasteiger partial charge in [-0.15, -0.1) is 0 Å². The van der Waals surface area contributed by atoms with Gasteiger partial charge in [-0.1, -0.05) is 6.07 Å². The molecule has 0 heterocycles. The SMILES string of the molecule is CN(C)CCCc1ccc(Oc2ccc(F)cc2F)c([N+](=O)[O-])c1. The molecule has 2 aromatic rings. The second-order valence-corrected chi connectivity index (χ2v) is 5.64. The van der Waals surface area contributed by atoms with Crippen LogP contribution in [0.3, 0.4) is 0 Å². The summed E-state index contributed by atoms with van der Waals surface area (Å²) >= 11 is 0. The first kappa shape index (κ1) is 17.8. The summed E-state index contributed by atoms with van der Waals surface area (Å²) in [5, 5.41) is 11.2. The molecule has 0 radical (unpaired) electrons. The maximum absolute atomic E-state index is 13.7. The highest BCUT2D eigenvalue weighted by Crippen LogP contribution is 2.33. The fourth-order valence-electron chi connectivity index (χ4n) is 2.22. The Bertz CT molecular complexity index is 736. The van der Waals surface area contributed by atoms with Gasteiger partial charge in [0.2, 0.25) is 5.75 Å². The van der Waals surface area contributed by atoms with Gasteiger partial charge < -0.3 is 9.64 Å². The van der Waals surface area contributed by atoms with Gasteiger partial charge in [-0.05, 0) is 57.2 Å². The summed E-state index contributed by atoms with van der Waals surface area (Å²) in [6.45, 7) is 0.868. The summed E-state index contributed by atoms with van der Waals surface area (Å²) in [6.07, 6.45) is 1.54. The van der Waals surface area contributed by atoms with Gasteiger partial charge in [-0.3, -0.25) is 10.1 Å². The zero-order valence-electron chi connectivity index (χ0n) is 13.5. The van der Waals surface area contributed by atoms with E-state index < -0.39 is 16.6 Å². The molecule has 0 saturated carbocycles. The normalized spacial score (nSPS) is 10.9. The van der Waals surface area contributed by atoms with Crippen molar-refractivity contribution in [1.82, 2.24) is 4.90 Å². The van der Waals surface area contributed by atoms with Gasteiger partial charge >= 0.3 is 5.69 Å². The molecule has 0 aromatic heterocycles. The van der Waals surface area contributed by atoms with Crippen molar-refractivity contribution in [2.45, 2.75) is 12.8 Å². The smallest absolute Gasteiger partial charge is 0.311 e. The van der Waals surface area contributed by atoms with E-state index in [0.717, 1.165) is 30.7 Å². The van der Waals surface area contributed by atoms with E-state index in [2.05, 4.69) is 0 Å². The molecule has 0 aliphatic rings. The Balaban J connectivity index is 2.21. The molecular formula is C17H18F2N2O3. The summed E-state index contributed by atoms with van der Waals surface area (Å²) in [7, 11) is 3.91. The molecule has 0 aliphatic carbocycles. The van der Waals surface area contributed by atoms with E-state index in [0.29, 0.717) is 12.5 Å². The van der Waals surface area contributed by atoms with Crippen LogP contribution in [-0.4, -0.2) is 30.5 Å². The minimum atomic E-state index is -0.917. The number of halogens is 2. The molecule has 128 valence electrons. The average molecular weight is 336 g/mol. The molecule has 2 rings (SSSR count). The van der Waals surface area contributed by atoms with Gasteiger partial charge in [-0.25, -0.2) is 8.78 Å². The number of nitrogens with zero attached hydrogens (tertiary/aromatic N) is 2. The van der Waals surface area contributed by atoms with E-state index in [4.69, 9.17) is 4.74 Å². The van der Waals surface area contributed by atoms with E-state index in [9.17, 15) is 18.9 Å². The quantitative estimate of drug-likeness (QED) is 0.563. The molecule has 0 saturated heterocycles. The van der Waals surface area contributed by atoms with Crippen molar-refractivity contribution >= 4 is 5.69 Å². The number of benzene rings is 2. The monoisotopic (exact) mass is 336 g/mol. The van der Waals surface area contributed by atoms with Crippen molar-refractivity contribution in [2.24, 2.45) is 0 Å². The predicted octanol–water partition coefficient (Wildman–Crippen LogP) is 4.16. The number of hydrogen-bond acceptors (Lipinski definition) is 4. The maximum Gasteiger partial charge on any atom is 0.311 e. The van der Waals surface area contributed by atoms with Crippen molar-refractivity contribution in [3.05, 3.63) is 63.7 Å². The van der Waals surface area contributed by atoms with E-state index >= 15 is 0 Å². The van der Waals surface area contributed by atoms with E-state index in [1.807, 2.05) is 19.0 Å². The maximum atomic E-state index is 13.7. The Morgan fingerprint density at radius 3 is 2.46 bits per heavy atom.